The predicted octanol–water partition coefficient (Wildman–Crippen LogP) is 18.9. The van der Waals surface area contributed by atoms with Gasteiger partial charge in [0, 0.05) is 6.42 Å². The number of unbranched alkanes of at least 4 members (excludes halogenated alkanes) is 35. The molecule has 0 aliphatic carbocycles. The molecule has 1 amide bonds. The molecular formula is C63H120N2O6P+. The second kappa shape index (κ2) is 54.0. The van der Waals surface area contributed by atoms with Gasteiger partial charge in [-0.15, -0.1) is 0 Å². The van der Waals surface area contributed by atoms with Gasteiger partial charge in [0.25, 0.3) is 0 Å². The minimum absolute atomic E-state index is 0.0559. The summed E-state index contributed by atoms with van der Waals surface area (Å²) in [6, 6.07) is -0.864. The first-order valence-corrected chi connectivity index (χ1v) is 32.2. The van der Waals surface area contributed by atoms with Crippen molar-refractivity contribution < 1.29 is 32.9 Å². The molecule has 0 aromatic heterocycles. The number of allylic oxidation sites excluding steroid dienone is 9. The third kappa shape index (κ3) is 55.9. The lowest BCUT2D eigenvalue weighted by Crippen LogP contribution is -2.45. The van der Waals surface area contributed by atoms with Gasteiger partial charge in [-0.1, -0.05) is 267 Å². The lowest BCUT2D eigenvalue weighted by atomic mass is 10.0. The summed E-state index contributed by atoms with van der Waals surface area (Å²) in [6.45, 7) is 4.80. The summed E-state index contributed by atoms with van der Waals surface area (Å²) >= 11 is 0. The minimum atomic E-state index is -4.36. The highest BCUT2D eigenvalue weighted by molar-refractivity contribution is 7.47. The van der Waals surface area contributed by atoms with Gasteiger partial charge in [-0.25, -0.2) is 4.57 Å². The molecule has 0 fully saturated rings. The van der Waals surface area contributed by atoms with Gasteiger partial charge < -0.3 is 19.8 Å². The summed E-state index contributed by atoms with van der Waals surface area (Å²) in [6.07, 6.45) is 73.4. The molecule has 0 rings (SSSR count). The van der Waals surface area contributed by atoms with E-state index in [2.05, 4.69) is 67.8 Å². The molecule has 0 aliphatic rings. The van der Waals surface area contributed by atoms with E-state index in [1.165, 1.54) is 212 Å². The molecule has 3 N–H and O–H groups in total. The topological polar surface area (TPSA) is 105 Å². The largest absolute Gasteiger partial charge is 0.472 e. The van der Waals surface area contributed by atoms with E-state index >= 15 is 0 Å². The molecule has 0 bridgehead atoms. The van der Waals surface area contributed by atoms with E-state index in [4.69, 9.17) is 9.05 Å². The van der Waals surface area contributed by atoms with Crippen LogP contribution < -0.4 is 5.32 Å². The maximum absolute atomic E-state index is 13.0. The molecule has 8 nitrogen and oxygen atoms in total. The zero-order valence-electron chi connectivity index (χ0n) is 48.2. The zero-order valence-corrected chi connectivity index (χ0v) is 49.1. The molecule has 422 valence electrons. The van der Waals surface area contributed by atoms with Crippen molar-refractivity contribution in [3.63, 3.8) is 0 Å². The molecule has 0 aromatic rings. The van der Waals surface area contributed by atoms with Crippen molar-refractivity contribution in [3.05, 3.63) is 60.8 Å². The number of phosphoric ester groups is 1. The number of phosphoric acid groups is 1. The number of likely N-dealkylation sites (N-methyl/N-ethyl adjacent to an activating group) is 1. The maximum Gasteiger partial charge on any atom is 0.472 e. The monoisotopic (exact) mass is 1030 g/mol. The standard InChI is InChI=1S/C63H119N2O6P/c1-6-8-10-12-14-16-18-20-22-24-25-26-27-28-29-30-31-32-33-34-35-36-37-38-39-41-43-45-47-49-51-53-55-57-63(67)64-61(60-71-72(68,69)70-59-58-65(3,4)5)62(66)56-54-52-50-48-46-44-42-40-23-21-19-17-15-13-11-9-7-2/h18,20,24-25,27-28,46,48,54,56,61-62,66H,6-17,19,21-23,26,29-45,47,49-53,55,57-60H2,1-5H3,(H-,64,67,68,69)/p+1/b20-18-,25-24-,28-27-,48-46+,56-54+. The summed E-state index contributed by atoms with van der Waals surface area (Å²) in [5.74, 6) is -0.185. The Hall–Kier alpha value is -1.80. The van der Waals surface area contributed by atoms with Crippen molar-refractivity contribution >= 4 is 13.7 Å². The Morgan fingerprint density at radius 2 is 0.806 bits per heavy atom. The van der Waals surface area contributed by atoms with E-state index < -0.39 is 20.0 Å². The Kier molecular flexibility index (Phi) is 52.7. The SMILES string of the molecule is CCCCCCC/C=C\C/C=C\C/C=C\CCCCCCCCCCCCCCCCCCCCC(=O)NC(COP(=O)(O)OCC[N+](C)(C)C)C(O)/C=C/CC/C=C/CCCCCCCCCCCCC. The van der Waals surface area contributed by atoms with Crippen LogP contribution in [0.3, 0.4) is 0 Å². The van der Waals surface area contributed by atoms with Gasteiger partial charge in [0.05, 0.1) is 39.9 Å². The van der Waals surface area contributed by atoms with Gasteiger partial charge in [-0.2, -0.15) is 0 Å². The van der Waals surface area contributed by atoms with Gasteiger partial charge in [0.15, 0.2) is 0 Å². The normalized spacial score (nSPS) is 14.3. The summed E-state index contributed by atoms with van der Waals surface area (Å²) in [4.78, 5) is 23.3. The van der Waals surface area contributed by atoms with Gasteiger partial charge in [0.1, 0.15) is 13.2 Å². The number of hydrogen-bond acceptors (Lipinski definition) is 5. The number of hydrogen-bond donors (Lipinski definition) is 3. The van der Waals surface area contributed by atoms with E-state index in [0.29, 0.717) is 17.4 Å². The van der Waals surface area contributed by atoms with Crippen LogP contribution in [0, 0.1) is 0 Å². The Bertz CT molecular complexity index is 1360. The second-order valence-electron chi connectivity index (χ2n) is 22.1. The van der Waals surface area contributed by atoms with Gasteiger partial charge in [0.2, 0.25) is 5.91 Å². The van der Waals surface area contributed by atoms with E-state index in [-0.39, 0.29) is 19.1 Å². The van der Waals surface area contributed by atoms with E-state index in [1.807, 2.05) is 27.2 Å². The van der Waals surface area contributed by atoms with Gasteiger partial charge in [-0.3, -0.25) is 13.8 Å². The average molecular weight is 1030 g/mol. The van der Waals surface area contributed by atoms with Crippen molar-refractivity contribution in [2.45, 2.75) is 296 Å². The quantitative estimate of drug-likeness (QED) is 0.0243. The van der Waals surface area contributed by atoms with Crippen LogP contribution in [0.2, 0.25) is 0 Å². The molecule has 0 spiro atoms. The van der Waals surface area contributed by atoms with Crippen molar-refractivity contribution in [1.82, 2.24) is 5.32 Å². The minimum Gasteiger partial charge on any atom is -0.387 e. The molecule has 0 aromatic carbocycles. The first-order chi connectivity index (χ1) is 35.0. The predicted molar refractivity (Wildman–Crippen MR) is 314 cm³/mol. The summed E-state index contributed by atoms with van der Waals surface area (Å²) in [7, 11) is 1.56. The second-order valence-corrected chi connectivity index (χ2v) is 23.5. The Balaban J connectivity index is 4.09. The number of aliphatic hydroxyl groups is 1. The fourth-order valence-electron chi connectivity index (χ4n) is 8.89. The number of rotatable bonds is 56. The number of aliphatic hydroxyl groups excluding tert-OH is 1. The van der Waals surface area contributed by atoms with Crippen LogP contribution in [-0.2, 0) is 18.4 Å². The van der Waals surface area contributed by atoms with Crippen LogP contribution in [0.4, 0.5) is 0 Å². The van der Waals surface area contributed by atoms with Gasteiger partial charge in [-0.05, 0) is 70.6 Å². The fraction of sp³-hybridized carbons (Fsp3) is 0.825. The number of nitrogens with zero attached hydrogens (tertiary/aromatic N) is 1. The van der Waals surface area contributed by atoms with E-state index in [0.717, 1.165) is 51.4 Å². The lowest BCUT2D eigenvalue weighted by molar-refractivity contribution is -0.870. The first-order valence-electron chi connectivity index (χ1n) is 30.7. The molecule has 0 radical (unpaired) electrons. The Labute approximate surface area is 447 Å². The van der Waals surface area contributed by atoms with Crippen molar-refractivity contribution in [1.29, 1.82) is 0 Å². The molecule has 0 heterocycles. The van der Waals surface area contributed by atoms with Crippen molar-refractivity contribution in [3.8, 4) is 0 Å². The summed E-state index contributed by atoms with van der Waals surface area (Å²) < 4.78 is 23.7. The number of amides is 1. The molecule has 0 aliphatic heterocycles. The van der Waals surface area contributed by atoms with Crippen molar-refractivity contribution in [2.75, 3.05) is 40.9 Å². The molecule has 0 saturated carbocycles. The zero-order chi connectivity index (χ0) is 52.7. The number of carbonyl (C=O) groups excluding carboxylic acids is 1. The third-order valence-corrected chi connectivity index (χ3v) is 14.7. The highest BCUT2D eigenvalue weighted by Crippen LogP contribution is 2.43. The summed E-state index contributed by atoms with van der Waals surface area (Å²) in [5, 5.41) is 13.9. The van der Waals surface area contributed by atoms with Crippen LogP contribution in [0.15, 0.2) is 60.8 Å². The molecule has 0 saturated heterocycles. The van der Waals surface area contributed by atoms with Crippen LogP contribution in [0.25, 0.3) is 0 Å². The van der Waals surface area contributed by atoms with Crippen LogP contribution >= 0.6 is 7.82 Å². The van der Waals surface area contributed by atoms with Crippen LogP contribution in [0.1, 0.15) is 284 Å². The summed E-state index contributed by atoms with van der Waals surface area (Å²) in [5.41, 5.74) is 0. The van der Waals surface area contributed by atoms with Gasteiger partial charge >= 0.3 is 7.82 Å². The highest BCUT2D eigenvalue weighted by Gasteiger charge is 2.27. The van der Waals surface area contributed by atoms with Crippen LogP contribution in [0.5, 0.6) is 0 Å². The molecule has 9 heteroatoms. The Morgan fingerprint density at radius 1 is 0.472 bits per heavy atom. The Morgan fingerprint density at radius 3 is 1.21 bits per heavy atom. The molecule has 72 heavy (non-hydrogen) atoms. The molecule has 3 atom stereocenters. The number of carbonyl (C=O) groups is 1. The van der Waals surface area contributed by atoms with Crippen LogP contribution in [-0.4, -0.2) is 73.4 Å². The number of quaternary nitrogens is 1. The van der Waals surface area contributed by atoms with E-state index in [1.54, 1.807) is 6.08 Å². The van der Waals surface area contributed by atoms with E-state index in [9.17, 15) is 19.4 Å². The molecular weight excluding hydrogens is 912 g/mol. The third-order valence-electron chi connectivity index (χ3n) is 13.7. The first kappa shape index (κ1) is 70.2. The average Bonchev–Trinajstić information content (AvgIpc) is 3.34. The maximum atomic E-state index is 13.0. The highest BCUT2D eigenvalue weighted by atomic mass is 31.2. The fourth-order valence-corrected chi connectivity index (χ4v) is 9.63. The lowest BCUT2D eigenvalue weighted by Gasteiger charge is -2.25. The smallest absolute Gasteiger partial charge is 0.387 e. The molecule has 3 unspecified atom stereocenters. The number of nitrogens with one attached hydrogen (secondary N) is 1. The van der Waals surface area contributed by atoms with Crippen molar-refractivity contribution in [2.24, 2.45) is 0 Å².